The first kappa shape index (κ1) is 14.4. The fraction of sp³-hybridized carbons (Fsp3) is 0.273. The molecule has 1 unspecified atom stereocenters. The van der Waals surface area contributed by atoms with Crippen molar-refractivity contribution >= 4 is 38.7 Å². The Bertz CT molecular complexity index is 559. The van der Waals surface area contributed by atoms with E-state index in [1.165, 1.54) is 6.07 Å². The molecule has 1 aromatic rings. The lowest BCUT2D eigenvalue weighted by molar-refractivity contribution is -0.138. The zero-order chi connectivity index (χ0) is 14.2. The second-order valence-corrected chi connectivity index (χ2v) is 5.75. The molecule has 8 heteroatoms. The van der Waals surface area contributed by atoms with E-state index in [4.69, 9.17) is 5.11 Å². The van der Waals surface area contributed by atoms with Crippen LogP contribution in [0.1, 0.15) is 11.1 Å². The highest BCUT2D eigenvalue weighted by atomic mass is 79.9. The molecule has 3 nitrogen and oxygen atoms in total. The van der Waals surface area contributed by atoms with Crippen LogP contribution in [0, 0.1) is 0 Å². The number of rotatable bonds is 2. The van der Waals surface area contributed by atoms with Crippen LogP contribution in [0.4, 0.5) is 13.2 Å². The Morgan fingerprint density at radius 3 is 2.63 bits per heavy atom. The first-order valence-corrected chi connectivity index (χ1v) is 6.87. The van der Waals surface area contributed by atoms with Gasteiger partial charge in [-0.3, -0.25) is 4.99 Å². The number of thioether (sulfide) groups is 1. The maximum atomic E-state index is 12.7. The number of carboxylic acids is 1. The Labute approximate surface area is 119 Å². The van der Waals surface area contributed by atoms with Crippen molar-refractivity contribution in [1.82, 2.24) is 0 Å². The maximum absolute atomic E-state index is 12.7. The van der Waals surface area contributed by atoms with Crippen molar-refractivity contribution in [3.63, 3.8) is 0 Å². The lowest BCUT2D eigenvalue weighted by Gasteiger charge is -2.09. The predicted molar refractivity (Wildman–Crippen MR) is 69.6 cm³/mol. The van der Waals surface area contributed by atoms with Crippen LogP contribution in [0.5, 0.6) is 0 Å². The van der Waals surface area contributed by atoms with Gasteiger partial charge in [-0.1, -0.05) is 15.9 Å². The molecule has 0 saturated carbocycles. The lowest BCUT2D eigenvalue weighted by Crippen LogP contribution is -2.17. The van der Waals surface area contributed by atoms with Crippen LogP contribution in [-0.2, 0) is 11.0 Å². The van der Waals surface area contributed by atoms with Gasteiger partial charge >= 0.3 is 12.1 Å². The van der Waals surface area contributed by atoms with Crippen molar-refractivity contribution in [2.75, 3.05) is 5.75 Å². The largest absolute Gasteiger partial charge is 0.480 e. The minimum atomic E-state index is -4.45. The van der Waals surface area contributed by atoms with Crippen molar-refractivity contribution < 1.29 is 23.1 Å². The molecule has 2 rings (SSSR count). The molecule has 19 heavy (non-hydrogen) atoms. The zero-order valence-electron chi connectivity index (χ0n) is 9.24. The SMILES string of the molecule is O=C(O)C1CSC(c2cc(Br)cc(C(F)(F)F)c2)=N1. The molecule has 0 fully saturated rings. The second-order valence-electron chi connectivity index (χ2n) is 3.83. The van der Waals surface area contributed by atoms with Gasteiger partial charge in [-0.2, -0.15) is 13.2 Å². The molecular weight excluding hydrogens is 347 g/mol. The minimum absolute atomic E-state index is 0.235. The van der Waals surface area contributed by atoms with Crippen molar-refractivity contribution in [1.29, 1.82) is 0 Å². The van der Waals surface area contributed by atoms with Crippen LogP contribution < -0.4 is 0 Å². The van der Waals surface area contributed by atoms with Gasteiger partial charge in [0.2, 0.25) is 0 Å². The third kappa shape index (κ3) is 3.30. The van der Waals surface area contributed by atoms with E-state index < -0.39 is 23.8 Å². The van der Waals surface area contributed by atoms with Crippen LogP contribution in [0.25, 0.3) is 0 Å². The number of aliphatic imine (C=N–C) groups is 1. The van der Waals surface area contributed by atoms with Crippen molar-refractivity contribution in [3.8, 4) is 0 Å². The van der Waals surface area contributed by atoms with Crippen molar-refractivity contribution in [2.24, 2.45) is 4.99 Å². The smallest absolute Gasteiger partial charge is 0.416 e. The number of hydrogen-bond acceptors (Lipinski definition) is 3. The number of benzene rings is 1. The number of aliphatic carboxylic acids is 1. The highest BCUT2D eigenvalue weighted by Gasteiger charge is 2.32. The van der Waals surface area contributed by atoms with E-state index in [9.17, 15) is 18.0 Å². The van der Waals surface area contributed by atoms with Crippen LogP contribution in [-0.4, -0.2) is 27.9 Å². The van der Waals surface area contributed by atoms with Gasteiger partial charge in [-0.15, -0.1) is 11.8 Å². The lowest BCUT2D eigenvalue weighted by atomic mass is 10.1. The van der Waals surface area contributed by atoms with E-state index in [1.54, 1.807) is 0 Å². The summed E-state index contributed by atoms with van der Waals surface area (Å²) in [5.74, 6) is -0.841. The van der Waals surface area contributed by atoms with Gasteiger partial charge < -0.3 is 5.11 Å². The van der Waals surface area contributed by atoms with E-state index in [1.807, 2.05) is 0 Å². The summed E-state index contributed by atoms with van der Waals surface area (Å²) < 4.78 is 38.3. The van der Waals surface area contributed by atoms with E-state index in [2.05, 4.69) is 20.9 Å². The van der Waals surface area contributed by atoms with E-state index >= 15 is 0 Å². The molecule has 0 spiro atoms. The molecule has 1 heterocycles. The number of hydrogen-bond donors (Lipinski definition) is 1. The summed E-state index contributed by atoms with van der Waals surface area (Å²) in [7, 11) is 0. The second kappa shape index (κ2) is 5.16. The normalized spacial score (nSPS) is 19.4. The van der Waals surface area contributed by atoms with Gasteiger partial charge in [0.1, 0.15) is 0 Å². The molecule has 0 aliphatic carbocycles. The Morgan fingerprint density at radius 1 is 1.42 bits per heavy atom. The molecule has 0 saturated heterocycles. The van der Waals surface area contributed by atoms with E-state index in [-0.39, 0.29) is 15.8 Å². The van der Waals surface area contributed by atoms with Gasteiger partial charge in [-0.05, 0) is 18.2 Å². The van der Waals surface area contributed by atoms with Crippen LogP contribution in [0.15, 0.2) is 27.7 Å². The zero-order valence-corrected chi connectivity index (χ0v) is 11.6. The third-order valence-electron chi connectivity index (χ3n) is 2.41. The molecule has 0 amide bonds. The quantitative estimate of drug-likeness (QED) is 0.886. The summed E-state index contributed by atoms with van der Waals surface area (Å²) >= 11 is 4.16. The number of halogens is 4. The fourth-order valence-electron chi connectivity index (χ4n) is 1.54. The topological polar surface area (TPSA) is 49.7 Å². The summed E-state index contributed by atoms with van der Waals surface area (Å²) in [5.41, 5.74) is -0.519. The van der Waals surface area contributed by atoms with Crippen molar-refractivity contribution in [2.45, 2.75) is 12.2 Å². The number of carboxylic acid groups (broad SMARTS) is 1. The summed E-state index contributed by atoms with van der Waals surface area (Å²) in [6, 6.07) is 2.54. The van der Waals surface area contributed by atoms with E-state index in [0.29, 0.717) is 5.04 Å². The highest BCUT2D eigenvalue weighted by molar-refractivity contribution is 9.10. The molecule has 1 N–H and O–H groups in total. The monoisotopic (exact) mass is 353 g/mol. The molecule has 1 aromatic carbocycles. The maximum Gasteiger partial charge on any atom is 0.416 e. The van der Waals surface area contributed by atoms with Gasteiger partial charge in [0.25, 0.3) is 0 Å². The van der Waals surface area contributed by atoms with Gasteiger partial charge in [-0.25, -0.2) is 4.79 Å². The molecule has 0 radical (unpaired) electrons. The van der Waals surface area contributed by atoms with E-state index in [0.717, 1.165) is 23.9 Å². The first-order valence-electron chi connectivity index (χ1n) is 5.09. The Kier molecular flexibility index (Phi) is 3.91. The summed E-state index contributed by atoms with van der Waals surface area (Å²) in [5, 5.41) is 9.13. The third-order valence-corrected chi connectivity index (χ3v) is 3.96. The number of nitrogens with zero attached hydrogens (tertiary/aromatic N) is 1. The minimum Gasteiger partial charge on any atom is -0.480 e. The van der Waals surface area contributed by atoms with Crippen LogP contribution in [0.2, 0.25) is 0 Å². The van der Waals surface area contributed by atoms with Gasteiger partial charge in [0.05, 0.1) is 10.6 Å². The Morgan fingerprint density at radius 2 is 2.11 bits per heavy atom. The standard InChI is InChI=1S/C11H7BrF3NO2S/c12-7-2-5(1-6(3-7)11(13,14)15)9-16-8(4-19-9)10(17)18/h1-3,8H,4H2,(H,17,18). The molecular formula is C11H7BrF3NO2S. The first-order chi connectivity index (χ1) is 8.77. The summed E-state index contributed by atoms with van der Waals surface area (Å²) in [4.78, 5) is 14.7. The molecule has 0 aromatic heterocycles. The highest BCUT2D eigenvalue weighted by Crippen LogP contribution is 2.34. The van der Waals surface area contributed by atoms with Crippen LogP contribution in [0.3, 0.4) is 0 Å². The van der Waals surface area contributed by atoms with Gasteiger partial charge in [0.15, 0.2) is 6.04 Å². The molecule has 1 atom stereocenters. The molecule has 102 valence electrons. The Hall–Kier alpha value is -1.02. The molecule has 0 bridgehead atoms. The molecule has 1 aliphatic heterocycles. The van der Waals surface area contributed by atoms with Gasteiger partial charge in [0, 0.05) is 15.8 Å². The average Bonchev–Trinajstić information content (AvgIpc) is 2.76. The molecule has 1 aliphatic rings. The predicted octanol–water partition coefficient (Wildman–Crippen LogP) is 3.41. The van der Waals surface area contributed by atoms with Crippen molar-refractivity contribution in [3.05, 3.63) is 33.8 Å². The number of carbonyl (C=O) groups is 1. The Balaban J connectivity index is 2.39. The fourth-order valence-corrected chi connectivity index (χ4v) is 3.05. The summed E-state index contributed by atoms with van der Waals surface area (Å²) in [6.45, 7) is 0. The van der Waals surface area contributed by atoms with Crippen LogP contribution >= 0.6 is 27.7 Å². The summed E-state index contributed by atoms with van der Waals surface area (Å²) in [6.07, 6.45) is -4.45. The average molecular weight is 354 g/mol. The number of alkyl halides is 3.